The van der Waals surface area contributed by atoms with Crippen LogP contribution >= 0.6 is 11.5 Å². The zero-order valence-electron chi connectivity index (χ0n) is 18.9. The van der Waals surface area contributed by atoms with Gasteiger partial charge in [0, 0.05) is 37.0 Å². The summed E-state index contributed by atoms with van der Waals surface area (Å²) in [6.07, 6.45) is 9.76. The van der Waals surface area contributed by atoms with Crippen LogP contribution in [0.4, 0.5) is 10.8 Å². The van der Waals surface area contributed by atoms with Crippen molar-refractivity contribution in [2.75, 3.05) is 25.0 Å². The molecule has 1 aliphatic rings. The van der Waals surface area contributed by atoms with Crippen LogP contribution < -0.4 is 5.32 Å². The van der Waals surface area contributed by atoms with Crippen LogP contribution in [0.15, 0.2) is 43.2 Å². The number of fused-ring (bicyclic) bond motifs is 1. The number of rotatable bonds is 8. The van der Waals surface area contributed by atoms with E-state index >= 15 is 0 Å². The third-order valence-corrected chi connectivity index (χ3v) is 6.63. The molecule has 4 aromatic heterocycles. The molecule has 1 atom stereocenters. The first-order chi connectivity index (χ1) is 16.1. The molecule has 33 heavy (non-hydrogen) atoms. The van der Waals surface area contributed by atoms with Crippen molar-refractivity contribution in [1.82, 2.24) is 33.8 Å². The van der Waals surface area contributed by atoms with Crippen molar-refractivity contribution < 1.29 is 4.74 Å². The first kappa shape index (κ1) is 21.6. The van der Waals surface area contributed by atoms with Gasteiger partial charge in [0.05, 0.1) is 41.8 Å². The number of imidazole rings is 1. The Morgan fingerprint density at radius 1 is 1.39 bits per heavy atom. The van der Waals surface area contributed by atoms with Gasteiger partial charge >= 0.3 is 0 Å². The van der Waals surface area contributed by atoms with Crippen LogP contribution in [0.5, 0.6) is 0 Å². The fraction of sp³-hybridized carbons (Fsp3) is 0.391. The largest absolute Gasteiger partial charge is 0.499 e. The third kappa shape index (κ3) is 4.62. The second-order valence-corrected chi connectivity index (χ2v) is 9.14. The predicted octanol–water partition coefficient (Wildman–Crippen LogP) is 4.39. The van der Waals surface area contributed by atoms with Gasteiger partial charge in [-0.05, 0) is 50.8 Å². The Balaban J connectivity index is 1.31. The van der Waals surface area contributed by atoms with E-state index in [9.17, 15) is 0 Å². The minimum Gasteiger partial charge on any atom is -0.499 e. The Kier molecular flexibility index (Phi) is 6.10. The highest BCUT2D eigenvalue weighted by molar-refractivity contribution is 7.10. The van der Waals surface area contributed by atoms with Crippen LogP contribution in [0.25, 0.3) is 16.9 Å². The maximum atomic E-state index is 5.66. The molecule has 172 valence electrons. The smallest absolute Gasteiger partial charge is 0.180 e. The van der Waals surface area contributed by atoms with Crippen molar-refractivity contribution in [2.45, 2.75) is 33.2 Å². The second-order valence-electron chi connectivity index (χ2n) is 8.34. The quantitative estimate of drug-likeness (QED) is 0.373. The summed E-state index contributed by atoms with van der Waals surface area (Å²) in [5, 5.41) is 11.3. The normalized spacial score (nSPS) is 16.8. The highest BCUT2D eigenvalue weighted by Crippen LogP contribution is 2.29. The minimum atomic E-state index is 0.393. The summed E-state index contributed by atoms with van der Waals surface area (Å²) < 4.78 is 12.4. The molecule has 1 fully saturated rings. The van der Waals surface area contributed by atoms with Gasteiger partial charge in [0.25, 0.3) is 0 Å². The number of anilines is 2. The predicted molar refractivity (Wildman–Crippen MR) is 129 cm³/mol. The van der Waals surface area contributed by atoms with E-state index in [0.29, 0.717) is 18.3 Å². The molecular formula is C23H28N8OS. The van der Waals surface area contributed by atoms with Crippen LogP contribution in [-0.2, 0) is 11.3 Å². The summed E-state index contributed by atoms with van der Waals surface area (Å²) in [7, 11) is 0. The van der Waals surface area contributed by atoms with E-state index < -0.39 is 0 Å². The van der Waals surface area contributed by atoms with Crippen LogP contribution in [-0.4, -0.2) is 53.5 Å². The summed E-state index contributed by atoms with van der Waals surface area (Å²) in [5.74, 6) is 2.02. The van der Waals surface area contributed by atoms with Gasteiger partial charge in [0.1, 0.15) is 5.00 Å². The van der Waals surface area contributed by atoms with E-state index in [0.717, 1.165) is 71.5 Å². The number of aromatic nitrogens is 6. The van der Waals surface area contributed by atoms with Crippen LogP contribution in [0.3, 0.4) is 0 Å². The number of ether oxygens (including phenoxy) is 1. The molecule has 1 unspecified atom stereocenters. The first-order valence-electron chi connectivity index (χ1n) is 11.2. The summed E-state index contributed by atoms with van der Waals surface area (Å²) >= 11 is 1.45. The van der Waals surface area contributed by atoms with Crippen molar-refractivity contribution >= 4 is 28.0 Å². The molecule has 0 amide bonds. The standard InChI is InChI=1S/C23H28N8OS/c1-4-32-16(3)17-6-5-7-30(13-17)14-19-8-21(33-29-19)28-22-23-24-11-20(18-9-25-26-10-18)31(23)12-15(2)27-22/h8-12,17H,3-7,13-14H2,1-2H3,(H,25,26)(H,27,28). The van der Waals surface area contributed by atoms with E-state index in [2.05, 4.69) is 47.4 Å². The zero-order valence-corrected chi connectivity index (χ0v) is 19.7. The Hall–Kier alpha value is -3.24. The fourth-order valence-corrected chi connectivity index (χ4v) is 5.01. The molecule has 0 aromatic carbocycles. The first-order valence-corrected chi connectivity index (χ1v) is 12.0. The molecule has 0 radical (unpaired) electrons. The van der Waals surface area contributed by atoms with Crippen LogP contribution in [0.2, 0.25) is 0 Å². The van der Waals surface area contributed by atoms with Crippen molar-refractivity contribution in [3.63, 3.8) is 0 Å². The van der Waals surface area contributed by atoms with E-state index in [1.54, 1.807) is 6.20 Å². The molecule has 0 aliphatic carbocycles. The van der Waals surface area contributed by atoms with Gasteiger partial charge < -0.3 is 10.1 Å². The molecule has 1 saturated heterocycles. The molecule has 5 heterocycles. The van der Waals surface area contributed by atoms with Crippen LogP contribution in [0, 0.1) is 12.8 Å². The zero-order chi connectivity index (χ0) is 22.8. The molecule has 0 spiro atoms. The lowest BCUT2D eigenvalue weighted by Crippen LogP contribution is -2.36. The van der Waals surface area contributed by atoms with Gasteiger partial charge in [-0.2, -0.15) is 9.47 Å². The average molecular weight is 465 g/mol. The average Bonchev–Trinajstić information content (AvgIpc) is 3.55. The maximum absolute atomic E-state index is 5.66. The van der Waals surface area contributed by atoms with Gasteiger partial charge in [-0.15, -0.1) is 0 Å². The summed E-state index contributed by atoms with van der Waals surface area (Å²) in [6, 6.07) is 2.10. The summed E-state index contributed by atoms with van der Waals surface area (Å²) in [6.45, 7) is 11.6. The fourth-order valence-electron chi connectivity index (χ4n) is 4.35. The molecular weight excluding hydrogens is 436 g/mol. The third-order valence-electron chi connectivity index (χ3n) is 5.88. The van der Waals surface area contributed by atoms with Crippen molar-refractivity contribution in [3.05, 3.63) is 54.6 Å². The number of likely N-dealkylation sites (tertiary alicyclic amines) is 1. The molecule has 9 nitrogen and oxygen atoms in total. The topological polar surface area (TPSA) is 96.3 Å². The van der Waals surface area contributed by atoms with Crippen LogP contribution in [0.1, 0.15) is 31.2 Å². The molecule has 4 aromatic rings. The SMILES string of the molecule is C=C(OCC)C1CCCN(Cc2cc(Nc3nc(C)cn4c(-c5cn[nH]c5)cnc34)sn2)C1. The Morgan fingerprint density at radius 3 is 3.12 bits per heavy atom. The van der Waals surface area contributed by atoms with Gasteiger partial charge in [-0.3, -0.25) is 14.4 Å². The minimum absolute atomic E-state index is 0.393. The highest BCUT2D eigenvalue weighted by Gasteiger charge is 2.24. The molecule has 0 bridgehead atoms. The lowest BCUT2D eigenvalue weighted by atomic mass is 9.96. The summed E-state index contributed by atoms with van der Waals surface area (Å²) in [4.78, 5) is 11.7. The van der Waals surface area contributed by atoms with Crippen molar-refractivity contribution in [2.24, 2.45) is 5.92 Å². The van der Waals surface area contributed by atoms with Crippen molar-refractivity contribution in [1.29, 1.82) is 0 Å². The number of nitrogens with one attached hydrogen (secondary N) is 2. The lowest BCUT2D eigenvalue weighted by Gasteiger charge is -2.32. The lowest BCUT2D eigenvalue weighted by molar-refractivity contribution is 0.122. The summed E-state index contributed by atoms with van der Waals surface area (Å²) in [5.41, 5.74) is 4.65. The van der Waals surface area contributed by atoms with Crippen molar-refractivity contribution in [3.8, 4) is 11.3 Å². The molecule has 1 aliphatic heterocycles. The molecule has 5 rings (SSSR count). The van der Waals surface area contributed by atoms with E-state index in [-0.39, 0.29) is 0 Å². The van der Waals surface area contributed by atoms with Gasteiger partial charge in [0.15, 0.2) is 11.5 Å². The molecule has 10 heteroatoms. The number of piperidine rings is 1. The van der Waals surface area contributed by atoms with Gasteiger partial charge in [0.2, 0.25) is 0 Å². The Bertz CT molecular complexity index is 1240. The number of aromatic amines is 1. The maximum Gasteiger partial charge on any atom is 0.180 e. The number of nitrogens with zero attached hydrogens (tertiary/aromatic N) is 6. The monoisotopic (exact) mass is 464 g/mol. The van der Waals surface area contributed by atoms with Gasteiger partial charge in [-0.25, -0.2) is 9.97 Å². The second kappa shape index (κ2) is 9.32. The molecule has 2 N–H and O–H groups in total. The Morgan fingerprint density at radius 2 is 2.30 bits per heavy atom. The highest BCUT2D eigenvalue weighted by atomic mass is 32.1. The molecule has 0 saturated carbocycles. The van der Waals surface area contributed by atoms with E-state index in [4.69, 9.17) is 4.74 Å². The number of hydrogen-bond acceptors (Lipinski definition) is 8. The number of aryl methyl sites for hydroxylation is 1. The number of hydrogen-bond donors (Lipinski definition) is 2. The number of H-pyrrole nitrogens is 1. The van der Waals surface area contributed by atoms with Gasteiger partial charge in [-0.1, -0.05) is 6.58 Å². The van der Waals surface area contributed by atoms with E-state index in [1.165, 1.54) is 11.5 Å². The Labute approximate surface area is 196 Å². The van der Waals surface area contributed by atoms with E-state index in [1.807, 2.05) is 36.8 Å².